The molecule has 1 unspecified atom stereocenters. The molecular weight excluding hydrogens is 224 g/mol. The molecule has 0 bridgehead atoms. The number of furan rings is 1. The molecule has 0 saturated carbocycles. The fourth-order valence-electron chi connectivity index (χ4n) is 2.85. The average Bonchev–Trinajstić information content (AvgIpc) is 3.05. The third-order valence-corrected chi connectivity index (χ3v) is 3.65. The van der Waals surface area contributed by atoms with E-state index in [1.807, 2.05) is 12.1 Å². The van der Waals surface area contributed by atoms with E-state index in [1.54, 1.807) is 6.26 Å². The smallest absolute Gasteiger partial charge is 0.126 e. The van der Waals surface area contributed by atoms with Gasteiger partial charge in [0.2, 0.25) is 0 Å². The van der Waals surface area contributed by atoms with Crippen LogP contribution in [0.25, 0.3) is 10.9 Å². The molecule has 1 N–H and O–H groups in total. The maximum absolute atomic E-state index is 5.55. The molecule has 1 aromatic carbocycles. The number of rotatable bonds is 1. The Hall–Kier alpha value is -2.00. The summed E-state index contributed by atoms with van der Waals surface area (Å²) in [6.07, 6.45) is 1.73. The van der Waals surface area contributed by atoms with Crippen molar-refractivity contribution in [2.45, 2.75) is 12.6 Å². The Morgan fingerprint density at radius 2 is 2.11 bits per heavy atom. The fourth-order valence-corrected chi connectivity index (χ4v) is 2.85. The van der Waals surface area contributed by atoms with Crippen molar-refractivity contribution in [1.82, 2.24) is 9.88 Å². The van der Waals surface area contributed by atoms with E-state index in [4.69, 9.17) is 4.42 Å². The predicted octanol–water partition coefficient (Wildman–Crippen LogP) is 2.93. The Morgan fingerprint density at radius 3 is 3.00 bits per heavy atom. The summed E-state index contributed by atoms with van der Waals surface area (Å²) >= 11 is 0. The Labute approximate surface area is 105 Å². The number of para-hydroxylation sites is 1. The lowest BCUT2D eigenvalue weighted by atomic mass is 10.1. The Morgan fingerprint density at radius 1 is 1.17 bits per heavy atom. The Bertz CT molecular complexity index is 682. The maximum Gasteiger partial charge on any atom is 0.126 e. The van der Waals surface area contributed by atoms with Crippen molar-refractivity contribution in [2.24, 2.45) is 0 Å². The van der Waals surface area contributed by atoms with Crippen LogP contribution in [-0.2, 0) is 6.54 Å². The van der Waals surface area contributed by atoms with Gasteiger partial charge in [-0.1, -0.05) is 18.2 Å². The van der Waals surface area contributed by atoms with E-state index in [0.29, 0.717) is 0 Å². The van der Waals surface area contributed by atoms with Crippen LogP contribution in [0.1, 0.15) is 17.5 Å². The lowest BCUT2D eigenvalue weighted by Gasteiger charge is -2.25. The number of fused-ring (bicyclic) bond motifs is 3. The zero-order valence-corrected chi connectivity index (χ0v) is 9.97. The highest BCUT2D eigenvalue weighted by Gasteiger charge is 2.24. The summed E-state index contributed by atoms with van der Waals surface area (Å²) in [5, 5.41) is 4.82. The molecular formula is C15H14N2O. The largest absolute Gasteiger partial charge is 0.467 e. The van der Waals surface area contributed by atoms with Crippen LogP contribution >= 0.6 is 0 Å². The van der Waals surface area contributed by atoms with E-state index in [-0.39, 0.29) is 6.04 Å². The molecule has 18 heavy (non-hydrogen) atoms. The lowest BCUT2D eigenvalue weighted by molar-refractivity contribution is 0.399. The molecule has 3 heteroatoms. The molecule has 3 nitrogen and oxygen atoms in total. The van der Waals surface area contributed by atoms with E-state index in [9.17, 15) is 0 Å². The molecule has 0 fully saturated rings. The van der Waals surface area contributed by atoms with E-state index in [1.165, 1.54) is 16.6 Å². The summed E-state index contributed by atoms with van der Waals surface area (Å²) in [6, 6.07) is 14.9. The van der Waals surface area contributed by atoms with Crippen LogP contribution in [0.3, 0.4) is 0 Å². The minimum absolute atomic E-state index is 0.168. The molecule has 3 aromatic rings. The van der Waals surface area contributed by atoms with Crippen LogP contribution in [0.4, 0.5) is 0 Å². The van der Waals surface area contributed by atoms with Gasteiger partial charge < -0.3 is 14.3 Å². The highest BCUT2D eigenvalue weighted by atomic mass is 16.3. The van der Waals surface area contributed by atoms with Gasteiger partial charge in [0.05, 0.1) is 6.26 Å². The number of nitrogens with zero attached hydrogens (tertiary/aromatic N) is 1. The van der Waals surface area contributed by atoms with E-state index in [2.05, 4.69) is 40.2 Å². The zero-order chi connectivity index (χ0) is 11.9. The topological polar surface area (TPSA) is 30.1 Å². The quantitative estimate of drug-likeness (QED) is 0.706. The highest BCUT2D eigenvalue weighted by Crippen LogP contribution is 2.30. The second kappa shape index (κ2) is 3.75. The second-order valence-electron chi connectivity index (χ2n) is 4.68. The molecule has 2 aromatic heterocycles. The molecule has 90 valence electrons. The van der Waals surface area contributed by atoms with Gasteiger partial charge in [0.15, 0.2) is 0 Å². The number of hydrogen-bond donors (Lipinski definition) is 1. The van der Waals surface area contributed by atoms with Gasteiger partial charge in [-0.2, -0.15) is 0 Å². The van der Waals surface area contributed by atoms with Crippen molar-refractivity contribution in [2.75, 3.05) is 6.54 Å². The SMILES string of the molecule is c1coc(C2NCCn3c2cc2ccccc23)c1. The number of hydrogen-bond acceptors (Lipinski definition) is 2. The summed E-state index contributed by atoms with van der Waals surface area (Å²) < 4.78 is 7.94. The standard InChI is InChI=1S/C15H14N2O/c1-2-5-12-11(4-1)10-13-15(14-6-3-9-18-14)16-7-8-17(12)13/h1-6,9-10,15-16H,7-8H2. The van der Waals surface area contributed by atoms with Crippen molar-refractivity contribution < 1.29 is 4.42 Å². The van der Waals surface area contributed by atoms with E-state index in [0.717, 1.165) is 18.8 Å². The van der Waals surface area contributed by atoms with Crippen LogP contribution in [-0.4, -0.2) is 11.1 Å². The summed E-state index contributed by atoms with van der Waals surface area (Å²) in [6.45, 7) is 1.98. The number of benzene rings is 1. The number of nitrogens with one attached hydrogen (secondary N) is 1. The summed E-state index contributed by atoms with van der Waals surface area (Å²) in [5.74, 6) is 0.985. The first-order valence-corrected chi connectivity index (χ1v) is 6.28. The molecule has 0 aliphatic carbocycles. The zero-order valence-electron chi connectivity index (χ0n) is 9.97. The minimum Gasteiger partial charge on any atom is -0.467 e. The Kier molecular flexibility index (Phi) is 2.08. The molecule has 4 rings (SSSR count). The van der Waals surface area contributed by atoms with Gasteiger partial charge >= 0.3 is 0 Å². The molecule has 0 radical (unpaired) electrons. The van der Waals surface area contributed by atoms with Crippen LogP contribution < -0.4 is 5.32 Å². The van der Waals surface area contributed by atoms with Gasteiger partial charge in [-0.15, -0.1) is 0 Å². The van der Waals surface area contributed by atoms with Crippen molar-refractivity contribution in [1.29, 1.82) is 0 Å². The first kappa shape index (κ1) is 9.97. The van der Waals surface area contributed by atoms with Crippen molar-refractivity contribution in [3.63, 3.8) is 0 Å². The monoisotopic (exact) mass is 238 g/mol. The highest BCUT2D eigenvalue weighted by molar-refractivity contribution is 5.81. The van der Waals surface area contributed by atoms with Gasteiger partial charge in [-0.05, 0) is 29.7 Å². The molecule has 1 aliphatic rings. The normalized spacial score (nSPS) is 19.0. The van der Waals surface area contributed by atoms with Crippen molar-refractivity contribution >= 4 is 10.9 Å². The lowest BCUT2D eigenvalue weighted by Crippen LogP contribution is -2.33. The third kappa shape index (κ3) is 1.34. The van der Waals surface area contributed by atoms with Gasteiger partial charge in [0.25, 0.3) is 0 Å². The van der Waals surface area contributed by atoms with Crippen LogP contribution in [0.5, 0.6) is 0 Å². The molecule has 0 spiro atoms. The van der Waals surface area contributed by atoms with Gasteiger partial charge in [0.1, 0.15) is 11.8 Å². The van der Waals surface area contributed by atoms with E-state index >= 15 is 0 Å². The molecule has 0 saturated heterocycles. The Balaban J connectivity index is 1.94. The summed E-state index contributed by atoms with van der Waals surface area (Å²) in [7, 11) is 0. The maximum atomic E-state index is 5.55. The van der Waals surface area contributed by atoms with E-state index < -0.39 is 0 Å². The van der Waals surface area contributed by atoms with Crippen molar-refractivity contribution in [3.8, 4) is 0 Å². The molecule has 1 aliphatic heterocycles. The molecule has 1 atom stereocenters. The summed E-state index contributed by atoms with van der Waals surface area (Å²) in [4.78, 5) is 0. The predicted molar refractivity (Wildman–Crippen MR) is 70.5 cm³/mol. The number of aromatic nitrogens is 1. The first-order valence-electron chi connectivity index (χ1n) is 6.28. The van der Waals surface area contributed by atoms with Gasteiger partial charge in [-0.25, -0.2) is 0 Å². The summed E-state index contributed by atoms with van der Waals surface area (Å²) in [5.41, 5.74) is 2.60. The molecule has 0 amide bonds. The molecule has 3 heterocycles. The fraction of sp³-hybridized carbons (Fsp3) is 0.200. The van der Waals surface area contributed by atoms with Gasteiger partial charge in [0, 0.05) is 24.3 Å². The average molecular weight is 238 g/mol. The van der Waals surface area contributed by atoms with Gasteiger partial charge in [-0.3, -0.25) is 0 Å². The minimum atomic E-state index is 0.168. The third-order valence-electron chi connectivity index (χ3n) is 3.65. The van der Waals surface area contributed by atoms with Crippen molar-refractivity contribution in [3.05, 3.63) is 60.2 Å². The van der Waals surface area contributed by atoms with Crippen LogP contribution in [0.2, 0.25) is 0 Å². The second-order valence-corrected chi connectivity index (χ2v) is 4.68. The van der Waals surface area contributed by atoms with Crippen LogP contribution in [0.15, 0.2) is 53.1 Å². The first-order chi connectivity index (χ1) is 8.93. The van der Waals surface area contributed by atoms with Crippen LogP contribution in [0, 0.1) is 0 Å².